The zero-order valence-corrected chi connectivity index (χ0v) is 9.34. The third kappa shape index (κ3) is 1.63. The maximum Gasteiger partial charge on any atom is 0.330 e. The van der Waals surface area contributed by atoms with E-state index in [2.05, 4.69) is 20.9 Å². The highest BCUT2D eigenvalue weighted by molar-refractivity contribution is 9.10. The lowest BCUT2D eigenvalue weighted by Gasteiger charge is -2.03. The van der Waals surface area contributed by atoms with Gasteiger partial charge in [-0.25, -0.2) is 4.79 Å². The largest absolute Gasteiger partial charge is 0.330 e. The lowest BCUT2D eigenvalue weighted by molar-refractivity contribution is 0.982. The van der Waals surface area contributed by atoms with Crippen LogP contribution in [0.4, 0.5) is 0 Å². The van der Waals surface area contributed by atoms with Crippen LogP contribution in [-0.4, -0.2) is 9.55 Å². The second-order valence-electron chi connectivity index (χ2n) is 2.73. The van der Waals surface area contributed by atoms with E-state index >= 15 is 0 Å². The third-order valence-electron chi connectivity index (χ3n) is 1.82. The van der Waals surface area contributed by atoms with Crippen molar-refractivity contribution in [3.63, 3.8) is 0 Å². The Labute approximate surface area is 93.5 Å². The maximum absolute atomic E-state index is 11.3. The Morgan fingerprint density at radius 2 is 2.21 bits per heavy atom. The van der Waals surface area contributed by atoms with E-state index in [0.29, 0.717) is 5.02 Å². The Hall–Kier alpha value is -1.000. The number of halogens is 2. The number of benzene rings is 1. The molecule has 0 bridgehead atoms. The normalized spacial score (nSPS) is 10.4. The number of hydrogen-bond acceptors (Lipinski definition) is 1. The van der Waals surface area contributed by atoms with Crippen LogP contribution in [0, 0.1) is 0 Å². The quantitative estimate of drug-likeness (QED) is 0.852. The van der Waals surface area contributed by atoms with Crippen LogP contribution >= 0.6 is 27.5 Å². The first-order valence-corrected chi connectivity index (χ1v) is 5.07. The number of nitrogens with zero attached hydrogens (tertiary/aromatic N) is 1. The second kappa shape index (κ2) is 3.63. The zero-order valence-electron chi connectivity index (χ0n) is 7.00. The van der Waals surface area contributed by atoms with Gasteiger partial charge in [0.2, 0.25) is 0 Å². The molecule has 0 saturated heterocycles. The highest BCUT2D eigenvalue weighted by Crippen LogP contribution is 2.23. The smallest absolute Gasteiger partial charge is 0.312 e. The number of H-pyrrole nitrogens is 1. The monoisotopic (exact) mass is 272 g/mol. The maximum atomic E-state index is 11.3. The summed E-state index contributed by atoms with van der Waals surface area (Å²) in [6, 6.07) is 5.26. The van der Waals surface area contributed by atoms with Gasteiger partial charge < -0.3 is 4.98 Å². The van der Waals surface area contributed by atoms with Crippen LogP contribution in [0.5, 0.6) is 0 Å². The van der Waals surface area contributed by atoms with E-state index in [4.69, 9.17) is 11.6 Å². The molecule has 0 saturated carbocycles. The minimum absolute atomic E-state index is 0.173. The van der Waals surface area contributed by atoms with Crippen LogP contribution in [0.1, 0.15) is 0 Å². The van der Waals surface area contributed by atoms with Crippen LogP contribution in [0.3, 0.4) is 0 Å². The molecule has 1 aromatic heterocycles. The van der Waals surface area contributed by atoms with Crippen LogP contribution in [0.2, 0.25) is 5.02 Å². The summed E-state index contributed by atoms with van der Waals surface area (Å²) in [4.78, 5) is 13.9. The van der Waals surface area contributed by atoms with Crippen LogP contribution in [0.25, 0.3) is 5.69 Å². The molecule has 2 aromatic rings. The minimum Gasteiger partial charge on any atom is -0.312 e. The van der Waals surface area contributed by atoms with Crippen LogP contribution < -0.4 is 5.69 Å². The molecule has 1 N–H and O–H groups in total. The summed E-state index contributed by atoms with van der Waals surface area (Å²) >= 11 is 9.14. The molecular weight excluding hydrogens is 267 g/mol. The van der Waals surface area contributed by atoms with Crippen molar-refractivity contribution >= 4 is 27.5 Å². The first kappa shape index (κ1) is 9.55. The Morgan fingerprint density at radius 1 is 1.43 bits per heavy atom. The standard InChI is InChI=1S/C9H6BrClN2O/c10-7-5-6(11)1-2-8(7)13-4-3-12-9(13)14/h1-5H,(H,12,14). The van der Waals surface area contributed by atoms with Gasteiger partial charge in [-0.2, -0.15) is 0 Å². The van der Waals surface area contributed by atoms with E-state index in [0.717, 1.165) is 10.2 Å². The molecule has 2 rings (SSSR count). The minimum atomic E-state index is -0.173. The van der Waals surface area contributed by atoms with Crippen LogP contribution in [0.15, 0.2) is 39.9 Å². The molecule has 0 fully saturated rings. The van der Waals surface area contributed by atoms with E-state index in [9.17, 15) is 4.79 Å². The van der Waals surface area contributed by atoms with Gasteiger partial charge in [-0.05, 0) is 34.1 Å². The van der Waals surface area contributed by atoms with Gasteiger partial charge >= 0.3 is 5.69 Å². The van der Waals surface area contributed by atoms with Crippen LogP contribution in [-0.2, 0) is 0 Å². The molecule has 5 heteroatoms. The first-order chi connectivity index (χ1) is 6.68. The van der Waals surface area contributed by atoms with E-state index in [1.54, 1.807) is 30.6 Å². The molecular formula is C9H6BrClN2O. The predicted octanol–water partition coefficient (Wildman–Crippen LogP) is 2.58. The SMILES string of the molecule is O=c1[nH]ccn1-c1ccc(Cl)cc1Br. The van der Waals surface area contributed by atoms with Crippen molar-refractivity contribution in [1.82, 2.24) is 9.55 Å². The summed E-state index contributed by atoms with van der Waals surface area (Å²) in [5.41, 5.74) is 0.591. The summed E-state index contributed by atoms with van der Waals surface area (Å²) in [5, 5.41) is 0.629. The highest BCUT2D eigenvalue weighted by Gasteiger charge is 2.04. The second-order valence-corrected chi connectivity index (χ2v) is 4.02. The van der Waals surface area contributed by atoms with E-state index in [1.807, 2.05) is 0 Å². The molecule has 72 valence electrons. The Bertz CT molecular complexity index is 518. The lowest BCUT2D eigenvalue weighted by Crippen LogP contribution is -2.14. The molecule has 1 aromatic carbocycles. The van der Waals surface area contributed by atoms with Crippen molar-refractivity contribution in [2.75, 3.05) is 0 Å². The van der Waals surface area contributed by atoms with Gasteiger partial charge in [0.1, 0.15) is 0 Å². The van der Waals surface area contributed by atoms with Crippen molar-refractivity contribution in [3.8, 4) is 5.69 Å². The molecule has 0 aliphatic heterocycles. The number of nitrogens with one attached hydrogen (secondary N) is 1. The molecule has 3 nitrogen and oxygen atoms in total. The van der Waals surface area contributed by atoms with Crippen molar-refractivity contribution in [3.05, 3.63) is 50.6 Å². The first-order valence-electron chi connectivity index (χ1n) is 3.90. The fraction of sp³-hybridized carbons (Fsp3) is 0. The highest BCUT2D eigenvalue weighted by atomic mass is 79.9. The third-order valence-corrected chi connectivity index (χ3v) is 2.69. The fourth-order valence-corrected chi connectivity index (χ4v) is 2.06. The Morgan fingerprint density at radius 3 is 2.79 bits per heavy atom. The summed E-state index contributed by atoms with van der Waals surface area (Å²) < 4.78 is 2.28. The van der Waals surface area contributed by atoms with Gasteiger partial charge in [0, 0.05) is 21.9 Å². The molecule has 14 heavy (non-hydrogen) atoms. The molecule has 0 radical (unpaired) electrons. The summed E-state index contributed by atoms with van der Waals surface area (Å²) in [6.45, 7) is 0. The van der Waals surface area contributed by atoms with Gasteiger partial charge in [0.05, 0.1) is 5.69 Å². The fourth-order valence-electron chi connectivity index (χ4n) is 1.19. The molecule has 0 atom stereocenters. The van der Waals surface area contributed by atoms with Crippen molar-refractivity contribution < 1.29 is 0 Å². The average molecular weight is 274 g/mol. The summed E-state index contributed by atoms with van der Waals surface area (Å²) in [6.07, 6.45) is 3.25. The molecule has 0 spiro atoms. The predicted molar refractivity (Wildman–Crippen MR) is 59.1 cm³/mol. The molecule has 0 amide bonds. The number of imidazole rings is 1. The molecule has 0 aliphatic carbocycles. The van der Waals surface area contributed by atoms with Crippen molar-refractivity contribution in [2.24, 2.45) is 0 Å². The van der Waals surface area contributed by atoms with E-state index < -0.39 is 0 Å². The van der Waals surface area contributed by atoms with Gasteiger partial charge in [-0.1, -0.05) is 11.6 Å². The van der Waals surface area contributed by atoms with E-state index in [-0.39, 0.29) is 5.69 Å². The zero-order chi connectivity index (χ0) is 10.1. The van der Waals surface area contributed by atoms with Gasteiger partial charge in [-0.15, -0.1) is 0 Å². The van der Waals surface area contributed by atoms with Crippen molar-refractivity contribution in [1.29, 1.82) is 0 Å². The molecule has 0 aliphatic rings. The summed E-state index contributed by atoms with van der Waals surface area (Å²) in [7, 11) is 0. The molecule has 1 heterocycles. The number of rotatable bonds is 1. The van der Waals surface area contributed by atoms with Gasteiger partial charge in [-0.3, -0.25) is 4.57 Å². The Balaban J connectivity index is 2.63. The number of aromatic amines is 1. The molecule has 0 unspecified atom stereocenters. The Kier molecular flexibility index (Phi) is 2.48. The van der Waals surface area contributed by atoms with Crippen molar-refractivity contribution in [2.45, 2.75) is 0 Å². The van der Waals surface area contributed by atoms with Gasteiger partial charge in [0.25, 0.3) is 0 Å². The van der Waals surface area contributed by atoms with E-state index in [1.165, 1.54) is 4.57 Å². The average Bonchev–Trinajstić information content (AvgIpc) is 2.52. The summed E-state index contributed by atoms with van der Waals surface area (Å²) in [5.74, 6) is 0. The number of aromatic nitrogens is 2. The number of hydrogen-bond donors (Lipinski definition) is 1. The topological polar surface area (TPSA) is 37.8 Å². The lowest BCUT2D eigenvalue weighted by atomic mass is 10.3. The van der Waals surface area contributed by atoms with Gasteiger partial charge in [0.15, 0.2) is 0 Å².